The van der Waals surface area contributed by atoms with Gasteiger partial charge in [0.15, 0.2) is 4.34 Å². The molecule has 3 rings (SSSR count). The van der Waals surface area contributed by atoms with E-state index >= 15 is 0 Å². The van der Waals surface area contributed by atoms with Crippen LogP contribution in [0, 0.1) is 24.0 Å². The van der Waals surface area contributed by atoms with Crippen LogP contribution in [-0.4, -0.2) is 15.8 Å². The summed E-state index contributed by atoms with van der Waals surface area (Å²) >= 11 is 2.80. The number of benzene rings is 2. The molecule has 0 aliphatic heterocycles. The molecule has 0 bridgehead atoms. The molecule has 2 aromatic carbocycles. The van der Waals surface area contributed by atoms with Crippen LogP contribution in [0.5, 0.6) is 0 Å². The van der Waals surface area contributed by atoms with E-state index in [-0.39, 0.29) is 17.3 Å². The van der Waals surface area contributed by atoms with Crippen LogP contribution in [0.1, 0.15) is 22.1 Å². The highest BCUT2D eigenvalue weighted by molar-refractivity contribution is 8.01. The Morgan fingerprint density at radius 3 is 2.59 bits per heavy atom. The summed E-state index contributed by atoms with van der Waals surface area (Å²) in [5.74, 6) is -0.328. The molecule has 1 amide bonds. The van der Waals surface area contributed by atoms with Gasteiger partial charge in [-0.2, -0.15) is 0 Å². The highest BCUT2D eigenvalue weighted by Gasteiger charge is 2.26. The standard InChI is InChI=1S/C19H17N3O3S2/c1-12-8-9-15(16(10-12)22(24)25)21-18(23)17(14-6-4-3-5-7-14)27-19-20-13(2)11-26-19/h3-11,17H,1-2H3,(H,21,23). The molecule has 0 radical (unpaired) electrons. The molecule has 0 aliphatic rings. The van der Waals surface area contributed by atoms with Gasteiger partial charge in [-0.1, -0.05) is 48.2 Å². The minimum atomic E-state index is -0.572. The first-order valence-electron chi connectivity index (χ1n) is 8.13. The fourth-order valence-electron chi connectivity index (χ4n) is 2.48. The molecule has 138 valence electrons. The van der Waals surface area contributed by atoms with Gasteiger partial charge >= 0.3 is 0 Å². The number of hydrogen-bond acceptors (Lipinski definition) is 6. The summed E-state index contributed by atoms with van der Waals surface area (Å²) in [5, 5.41) is 15.4. The summed E-state index contributed by atoms with van der Waals surface area (Å²) < 4.78 is 0.773. The van der Waals surface area contributed by atoms with Crippen molar-refractivity contribution in [1.82, 2.24) is 4.98 Å². The van der Waals surface area contributed by atoms with Crippen LogP contribution in [0.15, 0.2) is 58.3 Å². The lowest BCUT2D eigenvalue weighted by molar-refractivity contribution is -0.384. The van der Waals surface area contributed by atoms with E-state index in [0.29, 0.717) is 0 Å². The number of nitro benzene ring substituents is 1. The summed E-state index contributed by atoms with van der Waals surface area (Å²) in [6.45, 7) is 3.67. The molecule has 0 spiro atoms. The van der Waals surface area contributed by atoms with E-state index in [1.807, 2.05) is 42.6 Å². The van der Waals surface area contributed by atoms with Gasteiger partial charge in [0, 0.05) is 17.1 Å². The van der Waals surface area contributed by atoms with Gasteiger partial charge in [0.1, 0.15) is 10.9 Å². The minimum Gasteiger partial charge on any atom is -0.319 e. The molecule has 1 unspecified atom stereocenters. The Hall–Kier alpha value is -2.71. The smallest absolute Gasteiger partial charge is 0.293 e. The predicted molar refractivity (Wildman–Crippen MR) is 108 cm³/mol. The number of nitro groups is 1. The summed E-state index contributed by atoms with van der Waals surface area (Å²) in [6, 6.07) is 14.1. The van der Waals surface area contributed by atoms with Crippen molar-refractivity contribution in [2.24, 2.45) is 0 Å². The fourth-order valence-corrected chi connectivity index (χ4v) is 4.52. The lowest BCUT2D eigenvalue weighted by Gasteiger charge is -2.16. The zero-order valence-corrected chi connectivity index (χ0v) is 16.3. The van der Waals surface area contributed by atoms with Gasteiger partial charge in [0.05, 0.1) is 4.92 Å². The number of hydrogen-bond donors (Lipinski definition) is 1. The SMILES string of the molecule is Cc1ccc(NC(=O)C(Sc2nc(C)cs2)c2ccccc2)c([N+](=O)[O-])c1. The highest BCUT2D eigenvalue weighted by atomic mass is 32.2. The van der Waals surface area contributed by atoms with Gasteiger partial charge in [-0.3, -0.25) is 14.9 Å². The molecule has 8 heteroatoms. The van der Waals surface area contributed by atoms with Gasteiger partial charge in [0.2, 0.25) is 5.91 Å². The van der Waals surface area contributed by atoms with E-state index in [9.17, 15) is 14.9 Å². The van der Waals surface area contributed by atoms with Gasteiger partial charge in [-0.15, -0.1) is 11.3 Å². The molecule has 1 atom stereocenters. The number of aromatic nitrogens is 1. The largest absolute Gasteiger partial charge is 0.319 e. The van der Waals surface area contributed by atoms with Crippen molar-refractivity contribution in [3.63, 3.8) is 0 Å². The van der Waals surface area contributed by atoms with E-state index in [0.717, 1.165) is 21.2 Å². The van der Waals surface area contributed by atoms with Crippen molar-refractivity contribution >= 4 is 40.4 Å². The second kappa shape index (κ2) is 8.32. The molecular formula is C19H17N3O3S2. The molecule has 6 nitrogen and oxygen atoms in total. The van der Waals surface area contributed by atoms with Crippen LogP contribution in [0.4, 0.5) is 11.4 Å². The number of amides is 1. The van der Waals surface area contributed by atoms with Crippen molar-refractivity contribution in [3.05, 3.63) is 80.8 Å². The van der Waals surface area contributed by atoms with Crippen molar-refractivity contribution in [3.8, 4) is 0 Å². The Balaban J connectivity index is 1.91. The molecule has 0 fully saturated rings. The van der Waals surface area contributed by atoms with Crippen molar-refractivity contribution in [2.45, 2.75) is 23.4 Å². The molecule has 27 heavy (non-hydrogen) atoms. The molecular weight excluding hydrogens is 382 g/mol. The molecule has 0 aliphatic carbocycles. The molecule has 0 saturated heterocycles. The molecule has 1 N–H and O–H groups in total. The van der Waals surface area contributed by atoms with Gasteiger partial charge in [0.25, 0.3) is 5.69 Å². The van der Waals surface area contributed by atoms with E-state index in [1.54, 1.807) is 19.1 Å². The summed E-state index contributed by atoms with van der Waals surface area (Å²) in [4.78, 5) is 28.3. The van der Waals surface area contributed by atoms with Gasteiger partial charge < -0.3 is 5.32 Å². The van der Waals surface area contributed by atoms with Gasteiger partial charge in [-0.05, 0) is 31.0 Å². The quantitative estimate of drug-likeness (QED) is 0.352. The van der Waals surface area contributed by atoms with Crippen LogP contribution in [0.2, 0.25) is 0 Å². The number of carbonyl (C=O) groups excluding carboxylic acids is 1. The average Bonchev–Trinajstić information content (AvgIpc) is 3.06. The lowest BCUT2D eigenvalue weighted by atomic mass is 10.1. The maximum atomic E-state index is 13.0. The van der Waals surface area contributed by atoms with Crippen LogP contribution < -0.4 is 5.32 Å². The van der Waals surface area contributed by atoms with E-state index < -0.39 is 10.2 Å². The molecule has 3 aromatic rings. The summed E-state index contributed by atoms with van der Waals surface area (Å²) in [6.07, 6.45) is 0. The lowest BCUT2D eigenvalue weighted by Crippen LogP contribution is -2.19. The van der Waals surface area contributed by atoms with Crippen molar-refractivity contribution in [1.29, 1.82) is 0 Å². The number of rotatable bonds is 6. The number of nitrogens with zero attached hydrogens (tertiary/aromatic N) is 2. The average molecular weight is 399 g/mol. The third kappa shape index (κ3) is 4.72. The minimum absolute atomic E-state index is 0.120. The number of thioether (sulfide) groups is 1. The van der Waals surface area contributed by atoms with Crippen molar-refractivity contribution < 1.29 is 9.72 Å². The summed E-state index contributed by atoms with van der Waals surface area (Å²) in [7, 11) is 0. The van der Waals surface area contributed by atoms with Crippen LogP contribution in [0.25, 0.3) is 0 Å². The monoisotopic (exact) mass is 399 g/mol. The summed E-state index contributed by atoms with van der Waals surface area (Å²) in [5.41, 5.74) is 2.52. The first kappa shape index (κ1) is 19.1. The maximum Gasteiger partial charge on any atom is 0.293 e. The van der Waals surface area contributed by atoms with E-state index in [4.69, 9.17) is 0 Å². The number of thiazole rings is 1. The number of aryl methyl sites for hydroxylation is 2. The first-order chi connectivity index (χ1) is 12.9. The molecule has 0 saturated carbocycles. The third-order valence-corrected chi connectivity index (χ3v) is 6.11. The molecule has 1 heterocycles. The topological polar surface area (TPSA) is 85.1 Å². The van der Waals surface area contributed by atoms with Gasteiger partial charge in [-0.25, -0.2) is 4.98 Å². The van der Waals surface area contributed by atoms with Crippen LogP contribution in [0.3, 0.4) is 0 Å². The Kier molecular flexibility index (Phi) is 5.88. The predicted octanol–water partition coefficient (Wildman–Crippen LogP) is 5.14. The van der Waals surface area contributed by atoms with E-state index in [1.165, 1.54) is 29.2 Å². The third-order valence-electron chi connectivity index (χ3n) is 3.76. The second-order valence-electron chi connectivity index (χ2n) is 5.93. The zero-order chi connectivity index (χ0) is 19.4. The zero-order valence-electron chi connectivity index (χ0n) is 14.7. The maximum absolute atomic E-state index is 13.0. The number of nitrogens with one attached hydrogen (secondary N) is 1. The van der Waals surface area contributed by atoms with Crippen LogP contribution in [-0.2, 0) is 4.79 Å². The Morgan fingerprint density at radius 1 is 1.22 bits per heavy atom. The van der Waals surface area contributed by atoms with Crippen LogP contribution >= 0.6 is 23.1 Å². The van der Waals surface area contributed by atoms with Crippen molar-refractivity contribution in [2.75, 3.05) is 5.32 Å². The number of carbonyl (C=O) groups is 1. The first-order valence-corrected chi connectivity index (χ1v) is 9.89. The fraction of sp³-hybridized carbons (Fsp3) is 0.158. The normalized spacial score (nSPS) is 11.8. The Bertz CT molecular complexity index is 973. The highest BCUT2D eigenvalue weighted by Crippen LogP contribution is 2.38. The molecule has 1 aromatic heterocycles. The number of anilines is 1. The van der Waals surface area contributed by atoms with E-state index in [2.05, 4.69) is 10.3 Å². The Labute approximate surface area is 164 Å². The second-order valence-corrected chi connectivity index (χ2v) is 8.14. The Morgan fingerprint density at radius 2 is 1.96 bits per heavy atom.